The fourth-order valence-corrected chi connectivity index (χ4v) is 2.01. The van der Waals surface area contributed by atoms with Gasteiger partial charge in [-0.05, 0) is 12.0 Å². The summed E-state index contributed by atoms with van der Waals surface area (Å²) in [7, 11) is -3.60. The van der Waals surface area contributed by atoms with Crippen LogP contribution >= 0.6 is 0 Å². The molecule has 0 aliphatic carbocycles. The van der Waals surface area contributed by atoms with Crippen LogP contribution in [0.4, 0.5) is 4.79 Å². The van der Waals surface area contributed by atoms with Crippen molar-refractivity contribution in [2.45, 2.75) is 6.42 Å². The third-order valence-corrected chi connectivity index (χ3v) is 3.01. The molecule has 2 amide bonds. The van der Waals surface area contributed by atoms with E-state index < -0.39 is 16.1 Å². The first kappa shape index (κ1) is 11.5. The van der Waals surface area contributed by atoms with Gasteiger partial charge in [0.15, 0.2) is 0 Å². The average molecular weight is 228 g/mol. The predicted octanol–water partition coefficient (Wildman–Crippen LogP) is 0.227. The lowest BCUT2D eigenvalue weighted by Gasteiger charge is -2.03. The molecule has 0 radical (unpaired) electrons. The summed E-state index contributed by atoms with van der Waals surface area (Å²) in [5.74, 6) is -0.153. The number of hydrogen-bond acceptors (Lipinski definition) is 3. The van der Waals surface area contributed by atoms with E-state index in [2.05, 4.69) is 0 Å². The number of carbonyl (C=O) groups excluding carboxylic acids is 1. The molecule has 82 valence electrons. The zero-order valence-corrected chi connectivity index (χ0v) is 8.83. The number of benzene rings is 1. The molecule has 0 bridgehead atoms. The maximum Gasteiger partial charge on any atom is 0.325 e. The number of rotatable bonds is 4. The van der Waals surface area contributed by atoms with E-state index in [1.807, 2.05) is 30.3 Å². The standard InChI is InChI=1S/C9H12N2O3S/c10-9(12)11-15(13,14)7-6-8-4-2-1-3-5-8/h1-5H,6-7H2,(H3,10,11,12). The third-order valence-electron chi connectivity index (χ3n) is 1.76. The Bertz CT molecular complexity index is 428. The minimum Gasteiger partial charge on any atom is -0.351 e. The molecule has 0 aromatic heterocycles. The second-order valence-electron chi connectivity index (χ2n) is 3.02. The maximum absolute atomic E-state index is 11.2. The molecule has 15 heavy (non-hydrogen) atoms. The first-order chi connectivity index (χ1) is 6.99. The van der Waals surface area contributed by atoms with Crippen LogP contribution in [0.15, 0.2) is 30.3 Å². The highest BCUT2D eigenvalue weighted by Gasteiger charge is 2.11. The van der Waals surface area contributed by atoms with E-state index in [4.69, 9.17) is 5.73 Å². The van der Waals surface area contributed by atoms with Crippen molar-refractivity contribution in [2.24, 2.45) is 5.73 Å². The van der Waals surface area contributed by atoms with Crippen LogP contribution in [0.5, 0.6) is 0 Å². The molecule has 1 aromatic rings. The van der Waals surface area contributed by atoms with Crippen molar-refractivity contribution in [3.63, 3.8) is 0 Å². The van der Waals surface area contributed by atoms with Crippen LogP contribution in [0.1, 0.15) is 5.56 Å². The summed E-state index contributed by atoms with van der Waals surface area (Å²) in [5, 5.41) is 0. The van der Waals surface area contributed by atoms with Crippen LogP contribution in [-0.2, 0) is 16.4 Å². The molecule has 0 fully saturated rings. The normalized spacial score (nSPS) is 10.9. The molecule has 5 nitrogen and oxygen atoms in total. The largest absolute Gasteiger partial charge is 0.351 e. The van der Waals surface area contributed by atoms with Crippen molar-refractivity contribution in [3.8, 4) is 0 Å². The molecule has 0 saturated heterocycles. The highest BCUT2D eigenvalue weighted by molar-refractivity contribution is 7.90. The molecule has 0 heterocycles. The van der Waals surface area contributed by atoms with Gasteiger partial charge in [-0.2, -0.15) is 0 Å². The van der Waals surface area contributed by atoms with Gasteiger partial charge in [-0.15, -0.1) is 0 Å². The number of sulfonamides is 1. The third kappa shape index (κ3) is 4.46. The molecule has 0 saturated carbocycles. The van der Waals surface area contributed by atoms with Crippen molar-refractivity contribution < 1.29 is 13.2 Å². The van der Waals surface area contributed by atoms with Crippen LogP contribution < -0.4 is 10.5 Å². The molecule has 0 aliphatic rings. The Morgan fingerprint density at radius 2 is 1.87 bits per heavy atom. The number of amides is 2. The Morgan fingerprint density at radius 1 is 1.27 bits per heavy atom. The molecule has 0 atom stereocenters. The van der Waals surface area contributed by atoms with E-state index in [1.54, 1.807) is 4.72 Å². The van der Waals surface area contributed by atoms with E-state index in [0.717, 1.165) is 5.56 Å². The van der Waals surface area contributed by atoms with Gasteiger partial charge < -0.3 is 5.73 Å². The van der Waals surface area contributed by atoms with Crippen molar-refractivity contribution in [2.75, 3.05) is 5.75 Å². The number of nitrogens with two attached hydrogens (primary N) is 1. The molecule has 3 N–H and O–H groups in total. The van der Waals surface area contributed by atoms with Gasteiger partial charge in [0.05, 0.1) is 5.75 Å². The first-order valence-electron chi connectivity index (χ1n) is 4.33. The fourth-order valence-electron chi connectivity index (χ4n) is 1.10. The topological polar surface area (TPSA) is 89.3 Å². The van der Waals surface area contributed by atoms with E-state index in [9.17, 15) is 13.2 Å². The van der Waals surface area contributed by atoms with Gasteiger partial charge in [0.2, 0.25) is 10.0 Å². The van der Waals surface area contributed by atoms with Gasteiger partial charge >= 0.3 is 6.03 Å². The summed E-state index contributed by atoms with van der Waals surface area (Å²) in [6.45, 7) is 0. The second kappa shape index (κ2) is 4.79. The quantitative estimate of drug-likeness (QED) is 0.772. The smallest absolute Gasteiger partial charge is 0.325 e. The van der Waals surface area contributed by atoms with Crippen LogP contribution in [0, 0.1) is 0 Å². The van der Waals surface area contributed by atoms with E-state index in [-0.39, 0.29) is 5.75 Å². The molecule has 1 aromatic carbocycles. The van der Waals surface area contributed by atoms with Crippen molar-refractivity contribution >= 4 is 16.1 Å². The van der Waals surface area contributed by atoms with Gasteiger partial charge in [0, 0.05) is 0 Å². The summed E-state index contributed by atoms with van der Waals surface area (Å²) >= 11 is 0. The number of aryl methyl sites for hydroxylation is 1. The van der Waals surface area contributed by atoms with Crippen LogP contribution in [-0.4, -0.2) is 20.2 Å². The number of hydrogen-bond donors (Lipinski definition) is 2. The number of primary amides is 1. The molecule has 1 rings (SSSR count). The highest BCUT2D eigenvalue weighted by atomic mass is 32.2. The van der Waals surface area contributed by atoms with Gasteiger partial charge in [-0.1, -0.05) is 30.3 Å². The van der Waals surface area contributed by atoms with E-state index in [0.29, 0.717) is 6.42 Å². The van der Waals surface area contributed by atoms with Gasteiger partial charge in [0.25, 0.3) is 0 Å². The lowest BCUT2D eigenvalue weighted by atomic mass is 10.2. The molecule has 0 unspecified atom stereocenters. The average Bonchev–Trinajstić information content (AvgIpc) is 2.15. The summed E-state index contributed by atoms with van der Waals surface area (Å²) in [4.78, 5) is 10.4. The number of nitrogens with one attached hydrogen (secondary N) is 1. The summed E-state index contributed by atoms with van der Waals surface area (Å²) in [6.07, 6.45) is 0.351. The first-order valence-corrected chi connectivity index (χ1v) is 5.99. The van der Waals surface area contributed by atoms with Crippen molar-refractivity contribution in [3.05, 3.63) is 35.9 Å². The zero-order valence-electron chi connectivity index (χ0n) is 8.01. The summed E-state index contributed by atoms with van der Waals surface area (Å²) < 4.78 is 24.1. The Hall–Kier alpha value is -1.56. The van der Waals surface area contributed by atoms with Crippen molar-refractivity contribution in [1.82, 2.24) is 4.72 Å². The Morgan fingerprint density at radius 3 is 2.40 bits per heavy atom. The van der Waals surface area contributed by atoms with E-state index >= 15 is 0 Å². The lowest BCUT2D eigenvalue weighted by molar-refractivity contribution is 0.253. The maximum atomic E-state index is 11.2. The molecular weight excluding hydrogens is 216 g/mol. The fraction of sp³-hybridized carbons (Fsp3) is 0.222. The highest BCUT2D eigenvalue weighted by Crippen LogP contribution is 2.01. The number of carbonyl (C=O) groups is 1. The van der Waals surface area contributed by atoms with Crippen LogP contribution in [0.2, 0.25) is 0 Å². The minimum atomic E-state index is -3.60. The SMILES string of the molecule is NC(=O)NS(=O)(=O)CCc1ccccc1. The molecule has 0 aliphatic heterocycles. The molecule has 6 heteroatoms. The minimum absolute atomic E-state index is 0.153. The Kier molecular flexibility index (Phi) is 3.68. The molecular formula is C9H12N2O3S. The van der Waals surface area contributed by atoms with Crippen molar-refractivity contribution in [1.29, 1.82) is 0 Å². The van der Waals surface area contributed by atoms with Crippen LogP contribution in [0.25, 0.3) is 0 Å². The molecule has 0 spiro atoms. The second-order valence-corrected chi connectivity index (χ2v) is 4.86. The monoisotopic (exact) mass is 228 g/mol. The zero-order chi connectivity index (χ0) is 11.3. The predicted molar refractivity (Wildman–Crippen MR) is 56.7 cm³/mol. The summed E-state index contributed by atoms with van der Waals surface area (Å²) in [5.41, 5.74) is 5.61. The van der Waals surface area contributed by atoms with Gasteiger partial charge in [-0.3, -0.25) is 0 Å². The lowest BCUT2D eigenvalue weighted by Crippen LogP contribution is -2.36. The van der Waals surface area contributed by atoms with Gasteiger partial charge in [0.1, 0.15) is 0 Å². The Labute approximate surface area is 88.3 Å². The van der Waals surface area contributed by atoms with Crippen LogP contribution in [0.3, 0.4) is 0 Å². The summed E-state index contributed by atoms with van der Waals surface area (Å²) in [6, 6.07) is 8.08. The Balaban J connectivity index is 2.54. The van der Waals surface area contributed by atoms with Gasteiger partial charge in [-0.25, -0.2) is 17.9 Å². The van der Waals surface area contributed by atoms with E-state index in [1.165, 1.54) is 0 Å². The number of urea groups is 1.